The van der Waals surface area contributed by atoms with Crippen LogP contribution in [0.25, 0.3) is 0 Å². The van der Waals surface area contributed by atoms with Gasteiger partial charge in [0.2, 0.25) is 0 Å². The number of carbonyl (C=O) groups is 1. The molecule has 2 heterocycles. The largest absolute Gasteiger partial charge is 0.392 e. The molecule has 0 unspecified atom stereocenters. The van der Waals surface area contributed by atoms with Gasteiger partial charge >= 0.3 is 0 Å². The maximum absolute atomic E-state index is 11.9. The van der Waals surface area contributed by atoms with E-state index in [-0.39, 0.29) is 17.7 Å². The number of nitrogens with one attached hydrogen (secondary N) is 1. The molecule has 1 fully saturated rings. The summed E-state index contributed by atoms with van der Waals surface area (Å²) in [6.45, 7) is 2.84. The van der Waals surface area contributed by atoms with E-state index in [1.807, 2.05) is 18.2 Å². The number of aliphatic hydroxyl groups is 1. The molecule has 0 aliphatic carbocycles. The summed E-state index contributed by atoms with van der Waals surface area (Å²) in [5.74, 6) is -0.250. The van der Waals surface area contributed by atoms with E-state index >= 15 is 0 Å². The second kappa shape index (κ2) is 6.72. The summed E-state index contributed by atoms with van der Waals surface area (Å²) < 4.78 is 4.67. The molecule has 0 spiro atoms. The van der Waals surface area contributed by atoms with Crippen molar-refractivity contribution in [2.24, 2.45) is 0 Å². The summed E-state index contributed by atoms with van der Waals surface area (Å²) in [6.07, 6.45) is 1.98. The Morgan fingerprint density at radius 3 is 2.86 bits per heavy atom. The van der Waals surface area contributed by atoms with Gasteiger partial charge in [0, 0.05) is 32.2 Å². The van der Waals surface area contributed by atoms with Gasteiger partial charge < -0.3 is 14.9 Å². The number of rotatable bonds is 5. The highest BCUT2D eigenvalue weighted by Crippen LogP contribution is 2.16. The van der Waals surface area contributed by atoms with Crippen molar-refractivity contribution in [2.75, 3.05) is 13.1 Å². The van der Waals surface area contributed by atoms with Crippen LogP contribution in [0.5, 0.6) is 0 Å². The van der Waals surface area contributed by atoms with Crippen molar-refractivity contribution in [3.8, 4) is 0 Å². The van der Waals surface area contributed by atoms with Crippen molar-refractivity contribution in [1.29, 1.82) is 0 Å². The summed E-state index contributed by atoms with van der Waals surface area (Å²) in [5, 5.41) is 16.1. The van der Waals surface area contributed by atoms with Gasteiger partial charge in [-0.25, -0.2) is 0 Å². The Hall–Kier alpha value is -2.18. The standard InChI is InChI=1S/C16H19N3O3/c20-14-5-7-19(11-14)10-13-4-2-1-3-12(13)9-17-16(21)15-6-8-22-18-15/h1-4,6,8,14,20H,5,7,9-11H2,(H,17,21)/t14-/m1/s1. The molecule has 22 heavy (non-hydrogen) atoms. The van der Waals surface area contributed by atoms with Crippen molar-refractivity contribution >= 4 is 5.91 Å². The van der Waals surface area contributed by atoms with Crippen LogP contribution in [0, 0.1) is 0 Å². The minimum absolute atomic E-state index is 0.223. The lowest BCUT2D eigenvalue weighted by molar-refractivity contribution is 0.0941. The van der Waals surface area contributed by atoms with Gasteiger partial charge in [-0.2, -0.15) is 0 Å². The van der Waals surface area contributed by atoms with E-state index in [0.717, 1.165) is 30.6 Å². The fourth-order valence-electron chi connectivity index (χ4n) is 2.68. The molecule has 3 rings (SSSR count). The Balaban J connectivity index is 1.62. The summed E-state index contributed by atoms with van der Waals surface area (Å²) in [5.41, 5.74) is 2.51. The summed E-state index contributed by atoms with van der Waals surface area (Å²) in [6, 6.07) is 9.55. The first-order chi connectivity index (χ1) is 10.7. The number of amides is 1. The highest BCUT2D eigenvalue weighted by atomic mass is 16.5. The fourth-order valence-corrected chi connectivity index (χ4v) is 2.68. The average Bonchev–Trinajstić information content (AvgIpc) is 3.18. The zero-order valence-corrected chi connectivity index (χ0v) is 12.2. The third-order valence-electron chi connectivity index (χ3n) is 3.87. The van der Waals surface area contributed by atoms with Crippen LogP contribution in [-0.4, -0.2) is 40.3 Å². The first-order valence-corrected chi connectivity index (χ1v) is 7.38. The van der Waals surface area contributed by atoms with Crippen molar-refractivity contribution in [2.45, 2.75) is 25.6 Å². The molecule has 1 aliphatic rings. The molecule has 1 atom stereocenters. The molecule has 0 bridgehead atoms. The van der Waals surface area contributed by atoms with Gasteiger partial charge in [-0.05, 0) is 17.5 Å². The monoisotopic (exact) mass is 301 g/mol. The van der Waals surface area contributed by atoms with Crippen LogP contribution in [0.1, 0.15) is 28.0 Å². The second-order valence-electron chi connectivity index (χ2n) is 5.51. The van der Waals surface area contributed by atoms with Gasteiger partial charge in [-0.3, -0.25) is 9.69 Å². The van der Waals surface area contributed by atoms with Gasteiger partial charge in [0.25, 0.3) is 5.91 Å². The molecule has 1 aromatic carbocycles. The van der Waals surface area contributed by atoms with Crippen LogP contribution >= 0.6 is 0 Å². The zero-order chi connectivity index (χ0) is 15.4. The summed E-state index contributed by atoms with van der Waals surface area (Å²) in [4.78, 5) is 14.1. The third kappa shape index (κ3) is 3.52. The Labute approximate surface area is 128 Å². The second-order valence-corrected chi connectivity index (χ2v) is 5.51. The van der Waals surface area contributed by atoms with Crippen LogP contribution in [0.3, 0.4) is 0 Å². The highest BCUT2D eigenvalue weighted by molar-refractivity contribution is 5.91. The average molecular weight is 301 g/mol. The van der Waals surface area contributed by atoms with Crippen LogP contribution < -0.4 is 5.32 Å². The molecule has 6 nitrogen and oxygen atoms in total. The fraction of sp³-hybridized carbons (Fsp3) is 0.375. The topological polar surface area (TPSA) is 78.6 Å². The Morgan fingerprint density at radius 2 is 2.18 bits per heavy atom. The van der Waals surface area contributed by atoms with Gasteiger partial charge in [-0.15, -0.1) is 0 Å². The smallest absolute Gasteiger partial charge is 0.273 e. The maximum Gasteiger partial charge on any atom is 0.273 e. The van der Waals surface area contributed by atoms with Crippen LogP contribution in [0.15, 0.2) is 41.1 Å². The molecule has 1 aliphatic heterocycles. The number of carbonyl (C=O) groups excluding carboxylic acids is 1. The van der Waals surface area contributed by atoms with Crippen molar-refractivity contribution in [3.63, 3.8) is 0 Å². The van der Waals surface area contributed by atoms with Gasteiger partial charge in [-0.1, -0.05) is 29.4 Å². The van der Waals surface area contributed by atoms with Crippen molar-refractivity contribution < 1.29 is 14.4 Å². The van der Waals surface area contributed by atoms with Crippen molar-refractivity contribution in [1.82, 2.24) is 15.4 Å². The number of aliphatic hydroxyl groups excluding tert-OH is 1. The molecule has 1 saturated heterocycles. The summed E-state index contributed by atoms with van der Waals surface area (Å²) in [7, 11) is 0. The van der Waals surface area contributed by atoms with Crippen LogP contribution in [0.4, 0.5) is 0 Å². The minimum atomic E-state index is -0.250. The predicted octanol–water partition coefficient (Wildman–Crippen LogP) is 1.17. The van der Waals surface area contributed by atoms with E-state index in [2.05, 4.69) is 26.0 Å². The van der Waals surface area contributed by atoms with Crippen molar-refractivity contribution in [3.05, 3.63) is 53.4 Å². The number of hydrogen-bond donors (Lipinski definition) is 2. The lowest BCUT2D eigenvalue weighted by atomic mass is 10.1. The number of hydrogen-bond acceptors (Lipinski definition) is 5. The number of β-amino-alcohol motifs (C(OH)–C–C–N with tert-alkyl or cyclic N) is 1. The predicted molar refractivity (Wildman–Crippen MR) is 80.0 cm³/mol. The Kier molecular flexibility index (Phi) is 4.50. The first-order valence-electron chi connectivity index (χ1n) is 7.38. The molecule has 1 amide bonds. The third-order valence-corrected chi connectivity index (χ3v) is 3.87. The van der Waals surface area contributed by atoms with Gasteiger partial charge in [0.15, 0.2) is 5.69 Å². The van der Waals surface area contributed by atoms with E-state index < -0.39 is 0 Å². The van der Waals surface area contributed by atoms with E-state index in [1.165, 1.54) is 12.3 Å². The van der Waals surface area contributed by atoms with E-state index in [0.29, 0.717) is 13.1 Å². The molecular formula is C16H19N3O3. The highest BCUT2D eigenvalue weighted by Gasteiger charge is 2.20. The van der Waals surface area contributed by atoms with Crippen LogP contribution in [-0.2, 0) is 13.1 Å². The maximum atomic E-state index is 11.9. The van der Waals surface area contributed by atoms with E-state index in [4.69, 9.17) is 0 Å². The number of aromatic nitrogens is 1. The number of likely N-dealkylation sites (tertiary alicyclic amines) is 1. The molecule has 6 heteroatoms. The molecule has 116 valence electrons. The summed E-state index contributed by atoms with van der Waals surface area (Å²) >= 11 is 0. The van der Waals surface area contributed by atoms with E-state index in [9.17, 15) is 9.90 Å². The Bertz CT molecular complexity index is 627. The molecular weight excluding hydrogens is 282 g/mol. The zero-order valence-electron chi connectivity index (χ0n) is 12.2. The lowest BCUT2D eigenvalue weighted by Gasteiger charge is -2.17. The molecule has 2 N–H and O–H groups in total. The SMILES string of the molecule is O=C(NCc1ccccc1CN1CC[C@@H](O)C1)c1ccon1. The number of nitrogens with zero attached hydrogens (tertiary/aromatic N) is 2. The minimum Gasteiger partial charge on any atom is -0.392 e. The van der Waals surface area contributed by atoms with Crippen LogP contribution in [0.2, 0.25) is 0 Å². The molecule has 2 aromatic rings. The number of benzene rings is 1. The molecule has 0 radical (unpaired) electrons. The quantitative estimate of drug-likeness (QED) is 0.867. The first kappa shape index (κ1) is 14.7. The lowest BCUT2D eigenvalue weighted by Crippen LogP contribution is -2.25. The van der Waals surface area contributed by atoms with Gasteiger partial charge in [0.1, 0.15) is 6.26 Å². The molecule has 0 saturated carbocycles. The Morgan fingerprint density at radius 1 is 1.36 bits per heavy atom. The van der Waals surface area contributed by atoms with E-state index in [1.54, 1.807) is 0 Å². The van der Waals surface area contributed by atoms with Gasteiger partial charge in [0.05, 0.1) is 6.10 Å². The molecule has 1 aromatic heterocycles. The normalized spacial score (nSPS) is 18.5.